The first kappa shape index (κ1) is 75.3. The Hall–Kier alpha value is -14.1. The van der Waals surface area contributed by atoms with Crippen LogP contribution in [-0.2, 0) is 26.6 Å². The van der Waals surface area contributed by atoms with E-state index < -0.39 is 0 Å². The van der Waals surface area contributed by atoms with E-state index in [9.17, 15) is 0 Å². The van der Waals surface area contributed by atoms with Gasteiger partial charge in [0, 0.05) is 22.3 Å². The van der Waals surface area contributed by atoms with Crippen LogP contribution >= 0.6 is 0 Å². The number of hydrogen-bond donors (Lipinski definition) is 0. The van der Waals surface area contributed by atoms with Gasteiger partial charge in [0.2, 0.25) is 17.7 Å². The minimum atomic E-state index is 0.103. The molecular formula is C106H94N9O3+3. The summed E-state index contributed by atoms with van der Waals surface area (Å²) >= 11 is 0. The fourth-order valence-electron chi connectivity index (χ4n) is 17.4. The first-order valence-electron chi connectivity index (χ1n) is 40.5. The molecular weight excluding hydrogens is 1450 g/mol. The average molecular weight is 1540 g/mol. The highest BCUT2D eigenvalue weighted by Gasteiger charge is 2.34. The van der Waals surface area contributed by atoms with Crippen LogP contribution in [0, 0.1) is 62.3 Å². The van der Waals surface area contributed by atoms with Crippen molar-refractivity contribution in [2.75, 3.05) is 0 Å². The monoisotopic (exact) mass is 1540 g/mol. The lowest BCUT2D eigenvalue weighted by atomic mass is 9.87. The maximum absolute atomic E-state index is 6.46. The standard InChI is InChI=1S/2C36H30N3O.C34H34N3O/c1-23-13-12-14-24(2)34(23)35-37-29-21-25(3)28(22-33(29)40-35)36-38(4)31-19-10-11-20-32(31)39(36)30-18-9-8-17-27(30)26-15-6-5-7-16-26;1-23-11-10-12-24(2)34(23)35-37-30-21-25(3)29(22-33(30)40-35)36-38(4)31-15-8-9-16-32(31)39(36)28-19-17-27(18-20-28)26-13-6-5-7-14-26;1-21-11-10-12-22(2)31(21)32-35-27-19-23(3)26(20-30(27)38-32)33-36(7)28-13-8-9-14-29(28)37(33)25-17-15-24(16-18-25)34(4,5)6/h2*5-22H,1-4H3;8-20H,1-7H3/q3*+1. The number of benzene rings is 14. The van der Waals surface area contributed by atoms with E-state index in [1.165, 1.54) is 50.0 Å². The van der Waals surface area contributed by atoms with Crippen molar-refractivity contribution in [3.8, 4) is 108 Å². The largest absolute Gasteiger partial charge is 0.436 e. The van der Waals surface area contributed by atoms with Crippen molar-refractivity contribution in [1.82, 2.24) is 28.7 Å². The van der Waals surface area contributed by atoms with E-state index in [1.54, 1.807) is 0 Å². The Morgan fingerprint density at radius 1 is 0.271 bits per heavy atom. The molecule has 6 aromatic heterocycles. The van der Waals surface area contributed by atoms with Crippen molar-refractivity contribution < 1.29 is 27.0 Å². The zero-order chi connectivity index (χ0) is 81.5. The molecule has 14 aromatic carbocycles. The number of hydrogen-bond acceptors (Lipinski definition) is 6. The highest BCUT2D eigenvalue weighted by Crippen LogP contribution is 2.42. The zero-order valence-corrected chi connectivity index (χ0v) is 69.5. The van der Waals surface area contributed by atoms with Crippen molar-refractivity contribution in [1.29, 1.82) is 0 Å². The maximum atomic E-state index is 6.46. The number of nitrogens with zero attached hydrogens (tertiary/aromatic N) is 9. The first-order chi connectivity index (χ1) is 57.1. The predicted molar refractivity (Wildman–Crippen MR) is 481 cm³/mol. The molecule has 6 heterocycles. The number of rotatable bonds is 11. The molecule has 12 nitrogen and oxygen atoms in total. The molecule has 0 amide bonds. The molecule has 118 heavy (non-hydrogen) atoms. The molecule has 20 rings (SSSR count). The number of para-hydroxylation sites is 7. The number of fused-ring (bicyclic) bond motifs is 6. The third-order valence-electron chi connectivity index (χ3n) is 23.5. The topological polar surface area (TPSA) is 105 Å². The Bertz CT molecular complexity index is 7220. The van der Waals surface area contributed by atoms with Crippen LogP contribution in [0.5, 0.6) is 0 Å². The third-order valence-corrected chi connectivity index (χ3v) is 23.5. The quantitative estimate of drug-likeness (QED) is 0.120. The van der Waals surface area contributed by atoms with Gasteiger partial charge in [0.05, 0.1) is 37.8 Å². The molecule has 0 saturated carbocycles. The highest BCUT2D eigenvalue weighted by atomic mass is 16.4. The summed E-state index contributed by atoms with van der Waals surface area (Å²) in [4.78, 5) is 14.7. The van der Waals surface area contributed by atoms with E-state index >= 15 is 0 Å². The highest BCUT2D eigenvalue weighted by molar-refractivity contribution is 5.91. The second-order valence-corrected chi connectivity index (χ2v) is 32.5. The normalized spacial score (nSPS) is 11.7. The summed E-state index contributed by atoms with van der Waals surface area (Å²) in [7, 11) is 6.42. The smallest absolute Gasteiger partial charge is 0.295 e. The van der Waals surface area contributed by atoms with E-state index in [1.807, 2.05) is 0 Å². The van der Waals surface area contributed by atoms with Gasteiger partial charge >= 0.3 is 0 Å². The van der Waals surface area contributed by atoms with Crippen molar-refractivity contribution in [2.45, 2.75) is 88.5 Å². The summed E-state index contributed by atoms with van der Waals surface area (Å²) in [6.45, 7) is 25.9. The minimum absolute atomic E-state index is 0.103. The lowest BCUT2D eigenvalue weighted by Crippen LogP contribution is -2.30. The fourth-order valence-corrected chi connectivity index (χ4v) is 17.4. The molecule has 20 aromatic rings. The SMILES string of the molecule is Cc1cc2nc(-c3c(C)cccc3C)oc2cc1-c1n(-c2ccc(-c3ccccc3)cc2)c2ccccc2[n+]1C.Cc1cc2nc(-c3c(C)cccc3C)oc2cc1-c1n(-c2ccc(C(C)(C)C)cc2)c2ccccc2[n+]1C.Cc1cc2nc(-c3c(C)cccc3C)oc2cc1-c1n(-c2ccccc2-c2ccccc2)c2ccccc2[n+]1C. The Morgan fingerprint density at radius 2 is 0.576 bits per heavy atom. The van der Waals surface area contributed by atoms with Crippen LogP contribution in [0.1, 0.15) is 76.4 Å². The summed E-state index contributed by atoms with van der Waals surface area (Å²) in [6.07, 6.45) is 0. The molecule has 0 aliphatic heterocycles. The lowest BCUT2D eigenvalue weighted by molar-refractivity contribution is -0.634. The Balaban J connectivity index is 0.000000122. The fraction of sp³-hybridized carbons (Fsp3) is 0.151. The van der Waals surface area contributed by atoms with Crippen LogP contribution in [-0.4, -0.2) is 28.7 Å². The van der Waals surface area contributed by atoms with Crippen molar-refractivity contribution >= 4 is 66.4 Å². The van der Waals surface area contributed by atoms with Crippen molar-refractivity contribution in [3.63, 3.8) is 0 Å². The summed E-state index contributed by atoms with van der Waals surface area (Å²) in [6, 6.07) is 105. The molecule has 0 spiro atoms. The number of aryl methyl sites for hydroxylation is 12. The van der Waals surface area contributed by atoms with E-state index in [2.05, 4.69) is 429 Å². The molecule has 0 saturated heterocycles. The summed E-state index contributed by atoms with van der Waals surface area (Å²) in [5, 5.41) is 0. The van der Waals surface area contributed by atoms with Crippen LogP contribution in [0.2, 0.25) is 0 Å². The number of imidazole rings is 3. The van der Waals surface area contributed by atoms with Crippen LogP contribution in [0.4, 0.5) is 0 Å². The molecule has 578 valence electrons. The molecule has 0 aliphatic rings. The predicted octanol–water partition coefficient (Wildman–Crippen LogP) is 25.2. The second kappa shape index (κ2) is 30.3. The van der Waals surface area contributed by atoms with Gasteiger partial charge in [-0.05, 0) is 243 Å². The van der Waals surface area contributed by atoms with E-state index in [4.69, 9.17) is 28.2 Å². The van der Waals surface area contributed by atoms with Gasteiger partial charge in [-0.25, -0.2) is 28.7 Å². The van der Waals surface area contributed by atoms with Crippen LogP contribution in [0.25, 0.3) is 174 Å². The second-order valence-electron chi connectivity index (χ2n) is 32.5. The number of oxazole rings is 3. The average Bonchev–Trinajstić information content (AvgIpc) is 1.58. The Morgan fingerprint density at radius 3 is 0.949 bits per heavy atom. The summed E-state index contributed by atoms with van der Waals surface area (Å²) < 4.78 is 33.2. The lowest BCUT2D eigenvalue weighted by Gasteiger charge is -2.18. The van der Waals surface area contributed by atoms with Gasteiger partial charge in [-0.2, -0.15) is 13.7 Å². The van der Waals surface area contributed by atoms with Gasteiger partial charge in [-0.15, -0.1) is 0 Å². The molecule has 0 unspecified atom stereocenters. The molecule has 0 aliphatic carbocycles. The van der Waals surface area contributed by atoms with Gasteiger partial charge in [0.15, 0.2) is 49.8 Å². The minimum Gasteiger partial charge on any atom is -0.436 e. The Labute approximate surface area is 688 Å². The van der Waals surface area contributed by atoms with E-state index in [0.717, 1.165) is 162 Å². The summed E-state index contributed by atoms with van der Waals surface area (Å²) in [5.74, 6) is 5.31. The van der Waals surface area contributed by atoms with Gasteiger partial charge in [-0.3, -0.25) is 0 Å². The molecule has 12 heteroatoms. The van der Waals surface area contributed by atoms with Crippen LogP contribution < -0.4 is 13.7 Å². The van der Waals surface area contributed by atoms with Crippen molar-refractivity contribution in [2.24, 2.45) is 21.1 Å². The van der Waals surface area contributed by atoms with Gasteiger partial charge < -0.3 is 13.3 Å². The van der Waals surface area contributed by atoms with Gasteiger partial charge in [-0.1, -0.05) is 215 Å². The summed E-state index contributed by atoms with van der Waals surface area (Å²) in [5.41, 5.74) is 38.5. The third kappa shape index (κ3) is 13.4. The van der Waals surface area contributed by atoms with Crippen LogP contribution in [0.15, 0.2) is 311 Å². The van der Waals surface area contributed by atoms with Gasteiger partial charge in [0.25, 0.3) is 17.5 Å². The molecule has 0 fully saturated rings. The number of aromatic nitrogens is 9. The van der Waals surface area contributed by atoms with Crippen molar-refractivity contribution in [3.05, 3.63) is 353 Å². The van der Waals surface area contributed by atoms with Crippen LogP contribution in [0.3, 0.4) is 0 Å². The van der Waals surface area contributed by atoms with Gasteiger partial charge in [0.1, 0.15) is 33.6 Å². The molecule has 0 bridgehead atoms. The maximum Gasteiger partial charge on any atom is 0.295 e. The van der Waals surface area contributed by atoms with E-state index in [-0.39, 0.29) is 5.41 Å². The first-order valence-corrected chi connectivity index (χ1v) is 40.5. The molecule has 0 radical (unpaired) electrons. The Kier molecular flexibility index (Phi) is 19.3. The zero-order valence-electron chi connectivity index (χ0n) is 69.5. The molecule has 0 atom stereocenters. The molecule has 0 N–H and O–H groups in total. The van der Waals surface area contributed by atoms with E-state index in [0.29, 0.717) is 17.7 Å².